The zero-order valence-electron chi connectivity index (χ0n) is 19.4. The van der Waals surface area contributed by atoms with Crippen LogP contribution in [-0.2, 0) is 14.8 Å². The Bertz CT molecular complexity index is 1510. The quantitative estimate of drug-likeness (QED) is 0.276. The van der Waals surface area contributed by atoms with E-state index in [2.05, 4.69) is 15.2 Å². The van der Waals surface area contributed by atoms with Gasteiger partial charge < -0.3 is 10.1 Å². The van der Waals surface area contributed by atoms with Gasteiger partial charge in [0.15, 0.2) is 6.61 Å². The first kappa shape index (κ1) is 24.0. The zero-order valence-corrected chi connectivity index (χ0v) is 20.2. The lowest BCUT2D eigenvalue weighted by Crippen LogP contribution is -2.20. The summed E-state index contributed by atoms with van der Waals surface area (Å²) in [6.45, 7) is 3.83. The maximum absolute atomic E-state index is 12.6. The third-order valence-electron chi connectivity index (χ3n) is 5.44. The third-order valence-corrected chi connectivity index (χ3v) is 6.66. The smallest absolute Gasteiger partial charge is 0.276 e. The van der Waals surface area contributed by atoms with Gasteiger partial charge in [0.05, 0.1) is 11.1 Å². The number of aryl methyl sites for hydroxylation is 2. The monoisotopic (exact) mass is 487 g/mol. The summed E-state index contributed by atoms with van der Waals surface area (Å²) in [6.07, 6.45) is 1.38. The first-order valence-corrected chi connectivity index (χ1v) is 12.4. The summed E-state index contributed by atoms with van der Waals surface area (Å²) in [5.41, 5.74) is 3.56. The minimum atomic E-state index is -3.82. The van der Waals surface area contributed by atoms with Gasteiger partial charge in [0.1, 0.15) is 5.75 Å². The van der Waals surface area contributed by atoms with E-state index in [0.717, 1.165) is 21.9 Å². The zero-order chi connectivity index (χ0) is 24.8. The molecule has 0 atom stereocenters. The summed E-state index contributed by atoms with van der Waals surface area (Å²) < 4.78 is 30.8. The van der Waals surface area contributed by atoms with Crippen LogP contribution in [0, 0.1) is 13.8 Å². The van der Waals surface area contributed by atoms with E-state index in [1.807, 2.05) is 56.3 Å². The Morgan fingerprint density at radius 1 is 0.886 bits per heavy atom. The number of carbonyl (C=O) groups excluding carboxylic acids is 1. The van der Waals surface area contributed by atoms with Gasteiger partial charge >= 0.3 is 0 Å². The second-order valence-electron chi connectivity index (χ2n) is 8.07. The maximum atomic E-state index is 12.6. The molecule has 0 radical (unpaired) electrons. The van der Waals surface area contributed by atoms with Crippen LogP contribution in [0.3, 0.4) is 0 Å². The molecule has 7 nitrogen and oxygen atoms in total. The normalized spacial score (nSPS) is 11.5. The van der Waals surface area contributed by atoms with Gasteiger partial charge in [-0.05, 0) is 77.7 Å². The van der Waals surface area contributed by atoms with Gasteiger partial charge in [0.25, 0.3) is 15.9 Å². The molecule has 2 N–H and O–H groups in total. The van der Waals surface area contributed by atoms with Crippen molar-refractivity contribution in [3.8, 4) is 5.75 Å². The average Bonchev–Trinajstić information content (AvgIpc) is 2.85. The Balaban J connectivity index is 1.35. The van der Waals surface area contributed by atoms with Gasteiger partial charge in [-0.15, -0.1) is 0 Å². The van der Waals surface area contributed by atoms with E-state index >= 15 is 0 Å². The van der Waals surface area contributed by atoms with Crippen molar-refractivity contribution in [2.75, 3.05) is 11.9 Å². The van der Waals surface area contributed by atoms with Gasteiger partial charge in [-0.25, -0.2) is 4.83 Å². The van der Waals surface area contributed by atoms with Crippen LogP contribution in [0.2, 0.25) is 0 Å². The Morgan fingerprint density at radius 2 is 1.69 bits per heavy atom. The molecule has 0 saturated carbocycles. The van der Waals surface area contributed by atoms with Crippen molar-refractivity contribution in [1.29, 1.82) is 0 Å². The predicted molar refractivity (Wildman–Crippen MR) is 138 cm³/mol. The number of hydrazone groups is 1. The molecule has 0 aromatic heterocycles. The number of fused-ring (bicyclic) bond motifs is 1. The molecule has 8 heteroatoms. The lowest BCUT2D eigenvalue weighted by Gasteiger charge is -2.09. The highest BCUT2D eigenvalue weighted by molar-refractivity contribution is 7.89. The number of nitrogens with zero attached hydrogens (tertiary/aromatic N) is 1. The molecular weight excluding hydrogens is 462 g/mol. The van der Waals surface area contributed by atoms with E-state index < -0.39 is 10.0 Å². The molecule has 4 aromatic rings. The standard InChI is InChI=1S/C27H25N3O4S/c1-19-10-12-24(14-20(19)2)29-27(31)18-34-25-9-5-6-21(15-25)17-28-30-35(32,33)26-13-11-22-7-3-4-8-23(22)16-26/h3-17,30H,18H2,1-2H3,(H,29,31)/b28-17+. The van der Waals surface area contributed by atoms with E-state index in [1.165, 1.54) is 12.3 Å². The number of rotatable bonds is 8. The molecule has 0 saturated heterocycles. The number of nitrogens with one attached hydrogen (secondary N) is 2. The number of anilines is 1. The number of benzene rings is 4. The molecule has 0 heterocycles. The van der Waals surface area contributed by atoms with Gasteiger partial charge in [0, 0.05) is 5.69 Å². The first-order chi connectivity index (χ1) is 16.8. The topological polar surface area (TPSA) is 96.9 Å². The number of hydrogen-bond acceptors (Lipinski definition) is 5. The summed E-state index contributed by atoms with van der Waals surface area (Å²) in [4.78, 5) is 14.6. The van der Waals surface area contributed by atoms with Crippen molar-refractivity contribution < 1.29 is 17.9 Å². The van der Waals surface area contributed by atoms with Crippen LogP contribution >= 0.6 is 0 Å². The minimum Gasteiger partial charge on any atom is -0.484 e. The van der Waals surface area contributed by atoms with E-state index in [9.17, 15) is 13.2 Å². The highest BCUT2D eigenvalue weighted by Gasteiger charge is 2.13. The molecule has 4 aromatic carbocycles. The number of sulfonamides is 1. The molecule has 35 heavy (non-hydrogen) atoms. The molecular formula is C27H25N3O4S. The molecule has 0 bridgehead atoms. The van der Waals surface area contributed by atoms with E-state index in [4.69, 9.17) is 4.74 Å². The molecule has 0 unspecified atom stereocenters. The van der Waals surface area contributed by atoms with Crippen LogP contribution in [0.1, 0.15) is 16.7 Å². The molecule has 178 valence electrons. The lowest BCUT2D eigenvalue weighted by molar-refractivity contribution is -0.118. The van der Waals surface area contributed by atoms with Crippen molar-refractivity contribution in [2.45, 2.75) is 18.7 Å². The summed E-state index contributed by atoms with van der Waals surface area (Å²) in [5, 5.41) is 8.46. The van der Waals surface area contributed by atoms with Crippen molar-refractivity contribution in [2.24, 2.45) is 5.10 Å². The minimum absolute atomic E-state index is 0.125. The first-order valence-electron chi connectivity index (χ1n) is 10.9. The molecule has 4 rings (SSSR count). The molecule has 0 fully saturated rings. The van der Waals surface area contributed by atoms with Gasteiger partial charge in [-0.3, -0.25) is 4.79 Å². The van der Waals surface area contributed by atoms with Gasteiger partial charge in [0.2, 0.25) is 0 Å². The van der Waals surface area contributed by atoms with Crippen LogP contribution in [0.5, 0.6) is 5.75 Å². The highest BCUT2D eigenvalue weighted by Crippen LogP contribution is 2.19. The fourth-order valence-electron chi connectivity index (χ4n) is 3.41. The van der Waals surface area contributed by atoms with Gasteiger partial charge in [-0.1, -0.05) is 48.5 Å². The average molecular weight is 488 g/mol. The van der Waals surface area contributed by atoms with Crippen LogP contribution in [0.15, 0.2) is 94.9 Å². The highest BCUT2D eigenvalue weighted by atomic mass is 32.2. The number of amides is 1. The van der Waals surface area contributed by atoms with Crippen molar-refractivity contribution >= 4 is 38.6 Å². The maximum Gasteiger partial charge on any atom is 0.276 e. The Labute approximate surface area is 204 Å². The van der Waals surface area contributed by atoms with Crippen molar-refractivity contribution in [3.63, 3.8) is 0 Å². The number of ether oxygens (including phenoxy) is 1. The van der Waals surface area contributed by atoms with Crippen LogP contribution < -0.4 is 14.9 Å². The van der Waals surface area contributed by atoms with Crippen LogP contribution in [0.25, 0.3) is 10.8 Å². The Hall–Kier alpha value is -4.17. The van der Waals surface area contributed by atoms with E-state index in [0.29, 0.717) is 17.0 Å². The summed E-state index contributed by atoms with van der Waals surface area (Å²) in [5.74, 6) is 0.178. The number of hydrogen-bond donors (Lipinski definition) is 2. The Kier molecular flexibility index (Phi) is 7.12. The van der Waals surface area contributed by atoms with Gasteiger partial charge in [-0.2, -0.15) is 13.5 Å². The van der Waals surface area contributed by atoms with Crippen LogP contribution in [-0.4, -0.2) is 27.1 Å². The van der Waals surface area contributed by atoms with Crippen molar-refractivity contribution in [3.05, 3.63) is 102 Å². The molecule has 0 aliphatic carbocycles. The van der Waals surface area contributed by atoms with Crippen LogP contribution in [0.4, 0.5) is 5.69 Å². The van der Waals surface area contributed by atoms with E-state index in [-0.39, 0.29) is 17.4 Å². The molecule has 0 spiro atoms. The summed E-state index contributed by atoms with van der Waals surface area (Å²) in [7, 11) is -3.82. The third kappa shape index (κ3) is 6.24. The Morgan fingerprint density at radius 3 is 2.49 bits per heavy atom. The largest absolute Gasteiger partial charge is 0.484 e. The fraction of sp³-hybridized carbons (Fsp3) is 0.111. The molecule has 0 aliphatic heterocycles. The molecule has 0 aliphatic rings. The number of carbonyl (C=O) groups is 1. The SMILES string of the molecule is Cc1ccc(NC(=O)COc2cccc(/C=N/NS(=O)(=O)c3ccc4ccccc4c3)c2)cc1C. The van der Waals surface area contributed by atoms with Crippen molar-refractivity contribution in [1.82, 2.24) is 4.83 Å². The summed E-state index contributed by atoms with van der Waals surface area (Å²) >= 11 is 0. The fourth-order valence-corrected chi connectivity index (χ4v) is 4.23. The lowest BCUT2D eigenvalue weighted by atomic mass is 10.1. The summed E-state index contributed by atoms with van der Waals surface area (Å²) in [6, 6.07) is 25.0. The second-order valence-corrected chi connectivity index (χ2v) is 9.73. The second kappa shape index (κ2) is 10.4. The van der Waals surface area contributed by atoms with E-state index in [1.54, 1.807) is 36.4 Å². The predicted octanol–water partition coefficient (Wildman–Crippen LogP) is 4.79. The molecule has 1 amide bonds.